The summed E-state index contributed by atoms with van der Waals surface area (Å²) in [4.78, 5) is 14.4. The molecule has 3 heteroatoms. The van der Waals surface area contributed by atoms with Gasteiger partial charge in [-0.2, -0.15) is 0 Å². The first kappa shape index (κ1) is 13.5. The Morgan fingerprint density at radius 2 is 1.88 bits per heavy atom. The van der Waals surface area contributed by atoms with E-state index >= 15 is 0 Å². The van der Waals surface area contributed by atoms with Gasteiger partial charge in [0.2, 0.25) is 5.91 Å². The Morgan fingerprint density at radius 3 is 2.25 bits per heavy atom. The molecule has 94 valence electrons. The van der Waals surface area contributed by atoms with E-state index in [2.05, 4.69) is 6.92 Å². The minimum atomic E-state index is -0.234. The molecule has 0 saturated heterocycles. The van der Waals surface area contributed by atoms with E-state index in [9.17, 15) is 4.79 Å². The first-order valence-corrected chi connectivity index (χ1v) is 6.38. The van der Waals surface area contributed by atoms with Crippen LogP contribution in [0.4, 0.5) is 0 Å². The van der Waals surface area contributed by atoms with Crippen LogP contribution in [0.15, 0.2) is 0 Å². The summed E-state index contributed by atoms with van der Waals surface area (Å²) in [5.74, 6) is 0.294. The number of carbonyl (C=O) groups is 1. The van der Waals surface area contributed by atoms with Crippen LogP contribution in [0.2, 0.25) is 0 Å². The van der Waals surface area contributed by atoms with E-state index < -0.39 is 0 Å². The first-order valence-electron chi connectivity index (χ1n) is 6.38. The second-order valence-electron chi connectivity index (χ2n) is 5.72. The summed E-state index contributed by atoms with van der Waals surface area (Å²) in [5, 5.41) is 0. The quantitative estimate of drug-likeness (QED) is 0.798. The number of rotatable bonds is 4. The van der Waals surface area contributed by atoms with E-state index in [0.29, 0.717) is 12.5 Å². The van der Waals surface area contributed by atoms with Gasteiger partial charge in [-0.1, -0.05) is 19.8 Å². The predicted octanol–water partition coefficient (Wildman–Crippen LogP) is 2.15. The molecule has 1 aliphatic carbocycles. The second-order valence-corrected chi connectivity index (χ2v) is 5.72. The van der Waals surface area contributed by atoms with Crippen molar-refractivity contribution >= 4 is 5.91 Å². The highest BCUT2D eigenvalue weighted by Crippen LogP contribution is 2.43. The molecule has 1 amide bonds. The van der Waals surface area contributed by atoms with Crippen molar-refractivity contribution in [3.63, 3.8) is 0 Å². The van der Waals surface area contributed by atoms with Crippen molar-refractivity contribution in [2.24, 2.45) is 11.1 Å². The number of hydrogen-bond donors (Lipinski definition) is 1. The molecule has 0 spiro atoms. The maximum atomic E-state index is 12.6. The smallest absolute Gasteiger partial charge is 0.229 e. The summed E-state index contributed by atoms with van der Waals surface area (Å²) in [6.45, 7) is 6.70. The van der Waals surface area contributed by atoms with Gasteiger partial charge in [-0.15, -0.1) is 0 Å². The second kappa shape index (κ2) is 4.74. The van der Waals surface area contributed by atoms with Gasteiger partial charge in [-0.3, -0.25) is 4.79 Å². The molecular weight excluding hydrogens is 200 g/mol. The summed E-state index contributed by atoms with van der Waals surface area (Å²) in [6, 6.07) is 0. The fraction of sp³-hybridized carbons (Fsp3) is 0.923. The standard InChI is InChI=1S/C13H26N2O/c1-5-13(8-6-7-9-13)11(16)15(4)12(2,3)10-14/h5-10,14H2,1-4H3. The molecule has 0 aromatic rings. The van der Waals surface area contributed by atoms with E-state index in [4.69, 9.17) is 5.73 Å². The Morgan fingerprint density at radius 1 is 1.38 bits per heavy atom. The predicted molar refractivity (Wildman–Crippen MR) is 67.1 cm³/mol. The maximum absolute atomic E-state index is 12.6. The minimum absolute atomic E-state index is 0.0960. The van der Waals surface area contributed by atoms with Gasteiger partial charge in [0.1, 0.15) is 0 Å². The van der Waals surface area contributed by atoms with Gasteiger partial charge in [-0.05, 0) is 33.1 Å². The average Bonchev–Trinajstić information content (AvgIpc) is 2.76. The molecule has 0 radical (unpaired) electrons. The Kier molecular flexibility index (Phi) is 4.00. The van der Waals surface area contributed by atoms with E-state index in [-0.39, 0.29) is 11.0 Å². The topological polar surface area (TPSA) is 46.3 Å². The Hall–Kier alpha value is -0.570. The van der Waals surface area contributed by atoms with Crippen LogP contribution in [0.3, 0.4) is 0 Å². The number of likely N-dealkylation sites (N-methyl/N-ethyl adjacent to an activating group) is 1. The first-order chi connectivity index (χ1) is 7.39. The molecule has 0 unspecified atom stereocenters. The van der Waals surface area contributed by atoms with Crippen LogP contribution in [0.1, 0.15) is 52.9 Å². The van der Waals surface area contributed by atoms with Gasteiger partial charge in [0.15, 0.2) is 0 Å². The van der Waals surface area contributed by atoms with Crippen molar-refractivity contribution in [2.75, 3.05) is 13.6 Å². The van der Waals surface area contributed by atoms with E-state index in [0.717, 1.165) is 19.3 Å². The normalized spacial score (nSPS) is 19.8. The molecule has 0 aromatic carbocycles. The monoisotopic (exact) mass is 226 g/mol. The molecule has 0 atom stereocenters. The summed E-state index contributed by atoms with van der Waals surface area (Å²) in [5.41, 5.74) is 5.40. The Balaban J connectivity index is 2.84. The zero-order valence-corrected chi connectivity index (χ0v) is 11.2. The van der Waals surface area contributed by atoms with Crippen LogP contribution in [-0.2, 0) is 4.79 Å². The third kappa shape index (κ3) is 2.24. The van der Waals surface area contributed by atoms with Gasteiger partial charge < -0.3 is 10.6 Å². The highest BCUT2D eigenvalue weighted by Gasteiger charge is 2.43. The molecule has 0 bridgehead atoms. The van der Waals surface area contributed by atoms with Gasteiger partial charge in [0, 0.05) is 24.5 Å². The number of amides is 1. The molecule has 1 saturated carbocycles. The molecule has 0 aliphatic heterocycles. The molecule has 1 aliphatic rings. The molecule has 2 N–H and O–H groups in total. The summed E-state index contributed by atoms with van der Waals surface area (Å²) >= 11 is 0. The number of nitrogens with two attached hydrogens (primary N) is 1. The van der Waals surface area contributed by atoms with E-state index in [1.807, 2.05) is 25.8 Å². The maximum Gasteiger partial charge on any atom is 0.229 e. The molecule has 0 heterocycles. The fourth-order valence-electron chi connectivity index (χ4n) is 2.54. The lowest BCUT2D eigenvalue weighted by Gasteiger charge is -2.40. The van der Waals surface area contributed by atoms with Gasteiger partial charge in [-0.25, -0.2) is 0 Å². The van der Waals surface area contributed by atoms with E-state index in [1.54, 1.807) is 0 Å². The zero-order chi connectivity index (χ0) is 12.4. The summed E-state index contributed by atoms with van der Waals surface area (Å²) in [7, 11) is 1.89. The number of nitrogens with zero attached hydrogens (tertiary/aromatic N) is 1. The van der Waals surface area contributed by atoms with Crippen molar-refractivity contribution in [3.05, 3.63) is 0 Å². The SMILES string of the molecule is CCC1(C(=O)N(C)C(C)(C)CN)CCCC1. The van der Waals surface area contributed by atoms with Crippen LogP contribution in [-0.4, -0.2) is 29.9 Å². The Bertz CT molecular complexity index is 255. The summed E-state index contributed by atoms with van der Waals surface area (Å²) < 4.78 is 0. The lowest BCUT2D eigenvalue weighted by molar-refractivity contribution is -0.145. The van der Waals surface area contributed by atoms with E-state index in [1.165, 1.54) is 12.8 Å². The van der Waals surface area contributed by atoms with Crippen molar-refractivity contribution in [3.8, 4) is 0 Å². The molecular formula is C13H26N2O. The number of carbonyl (C=O) groups excluding carboxylic acids is 1. The van der Waals surface area contributed by atoms with Gasteiger partial charge in [0.25, 0.3) is 0 Å². The summed E-state index contributed by atoms with van der Waals surface area (Å²) in [6.07, 6.45) is 5.43. The third-order valence-electron chi connectivity index (χ3n) is 4.40. The van der Waals surface area contributed by atoms with Gasteiger partial charge in [0.05, 0.1) is 0 Å². The highest BCUT2D eigenvalue weighted by atomic mass is 16.2. The van der Waals surface area contributed by atoms with Crippen LogP contribution >= 0.6 is 0 Å². The van der Waals surface area contributed by atoms with Crippen LogP contribution < -0.4 is 5.73 Å². The van der Waals surface area contributed by atoms with Crippen molar-refractivity contribution < 1.29 is 4.79 Å². The number of hydrogen-bond acceptors (Lipinski definition) is 2. The lowest BCUT2D eigenvalue weighted by atomic mass is 9.81. The fourth-order valence-corrected chi connectivity index (χ4v) is 2.54. The van der Waals surface area contributed by atoms with Crippen molar-refractivity contribution in [2.45, 2.75) is 58.4 Å². The largest absolute Gasteiger partial charge is 0.339 e. The molecule has 0 aromatic heterocycles. The van der Waals surface area contributed by atoms with Crippen molar-refractivity contribution in [1.82, 2.24) is 4.90 Å². The van der Waals surface area contributed by atoms with Crippen LogP contribution in [0.25, 0.3) is 0 Å². The lowest BCUT2D eigenvalue weighted by Crippen LogP contribution is -2.54. The Labute approximate surface area is 99.4 Å². The van der Waals surface area contributed by atoms with Crippen LogP contribution in [0, 0.1) is 5.41 Å². The molecule has 1 fully saturated rings. The highest BCUT2D eigenvalue weighted by molar-refractivity contribution is 5.83. The minimum Gasteiger partial charge on any atom is -0.339 e. The van der Waals surface area contributed by atoms with Crippen molar-refractivity contribution in [1.29, 1.82) is 0 Å². The molecule has 1 rings (SSSR count). The van der Waals surface area contributed by atoms with Gasteiger partial charge >= 0.3 is 0 Å². The molecule has 16 heavy (non-hydrogen) atoms. The average molecular weight is 226 g/mol. The molecule has 3 nitrogen and oxygen atoms in total. The third-order valence-corrected chi connectivity index (χ3v) is 4.40. The zero-order valence-electron chi connectivity index (χ0n) is 11.2. The van der Waals surface area contributed by atoms with Crippen LogP contribution in [0.5, 0.6) is 0 Å².